The first-order valence-corrected chi connectivity index (χ1v) is 6.01. The van der Waals surface area contributed by atoms with Gasteiger partial charge in [0.25, 0.3) is 0 Å². The molecular formula is C12H14N2O3S. The van der Waals surface area contributed by atoms with Crippen LogP contribution in [0.5, 0.6) is 5.75 Å². The Hall–Kier alpha value is -1.82. The lowest BCUT2D eigenvalue weighted by atomic mass is 10.2. The Bertz CT molecular complexity index is 630. The number of H-pyrrole nitrogens is 1. The van der Waals surface area contributed by atoms with E-state index in [0.717, 1.165) is 16.8 Å². The molecule has 2 aromatic rings. The van der Waals surface area contributed by atoms with Crippen molar-refractivity contribution >= 4 is 29.2 Å². The second-order valence-corrected chi connectivity index (χ2v) is 4.32. The van der Waals surface area contributed by atoms with Gasteiger partial charge in [0.15, 0.2) is 4.77 Å². The van der Waals surface area contributed by atoms with E-state index in [1.165, 1.54) is 0 Å². The molecule has 1 aromatic carbocycles. The number of aromatic nitrogens is 2. The van der Waals surface area contributed by atoms with Gasteiger partial charge in [0, 0.05) is 13.0 Å². The standard InChI is InChI=1S/C12H14N2O3S/c1-17-9-5-2-4-8-11(9)13-12(18)14(8)7-3-6-10(15)16/h2,4-5H,3,6-7H2,1H3,(H,13,18)(H,15,16). The Labute approximate surface area is 109 Å². The fraction of sp³-hybridized carbons (Fsp3) is 0.333. The lowest BCUT2D eigenvalue weighted by Crippen LogP contribution is -2.02. The van der Waals surface area contributed by atoms with Crippen LogP contribution in [0.2, 0.25) is 0 Å². The quantitative estimate of drug-likeness (QED) is 0.816. The van der Waals surface area contributed by atoms with Crippen LogP contribution in [0.4, 0.5) is 0 Å². The molecule has 0 spiro atoms. The zero-order chi connectivity index (χ0) is 13.1. The molecule has 0 atom stereocenters. The highest BCUT2D eigenvalue weighted by atomic mass is 32.1. The number of imidazole rings is 1. The molecule has 6 heteroatoms. The van der Waals surface area contributed by atoms with Crippen LogP contribution in [-0.2, 0) is 11.3 Å². The van der Waals surface area contributed by atoms with Gasteiger partial charge in [-0.05, 0) is 30.8 Å². The molecule has 1 heterocycles. The maximum Gasteiger partial charge on any atom is 0.303 e. The molecule has 0 fully saturated rings. The molecule has 0 unspecified atom stereocenters. The number of nitrogens with zero attached hydrogens (tertiary/aromatic N) is 1. The van der Waals surface area contributed by atoms with Crippen LogP contribution >= 0.6 is 12.2 Å². The summed E-state index contributed by atoms with van der Waals surface area (Å²) in [6.07, 6.45) is 0.687. The van der Waals surface area contributed by atoms with E-state index in [0.29, 0.717) is 17.7 Å². The summed E-state index contributed by atoms with van der Waals surface area (Å²) in [5.41, 5.74) is 1.78. The van der Waals surface area contributed by atoms with Crippen molar-refractivity contribution in [2.45, 2.75) is 19.4 Å². The molecule has 0 aliphatic carbocycles. The third-order valence-corrected chi connectivity index (χ3v) is 3.09. The fourth-order valence-electron chi connectivity index (χ4n) is 1.93. The van der Waals surface area contributed by atoms with Crippen LogP contribution in [0.1, 0.15) is 12.8 Å². The van der Waals surface area contributed by atoms with Crippen molar-refractivity contribution in [2.24, 2.45) is 0 Å². The van der Waals surface area contributed by atoms with E-state index in [9.17, 15) is 4.79 Å². The summed E-state index contributed by atoms with van der Waals surface area (Å²) in [6, 6.07) is 5.68. The van der Waals surface area contributed by atoms with Gasteiger partial charge in [-0.1, -0.05) is 6.07 Å². The number of carbonyl (C=O) groups is 1. The molecule has 0 aliphatic heterocycles. The lowest BCUT2D eigenvalue weighted by Gasteiger charge is -2.04. The summed E-state index contributed by atoms with van der Waals surface area (Å²) in [4.78, 5) is 13.6. The van der Waals surface area contributed by atoms with Gasteiger partial charge in [0.05, 0.1) is 12.6 Å². The fourth-order valence-corrected chi connectivity index (χ4v) is 2.23. The van der Waals surface area contributed by atoms with E-state index in [-0.39, 0.29) is 6.42 Å². The largest absolute Gasteiger partial charge is 0.494 e. The van der Waals surface area contributed by atoms with Gasteiger partial charge < -0.3 is 19.4 Å². The number of carboxylic acids is 1. The first-order chi connectivity index (χ1) is 8.63. The van der Waals surface area contributed by atoms with Crippen molar-refractivity contribution < 1.29 is 14.6 Å². The summed E-state index contributed by atoms with van der Waals surface area (Å²) < 4.78 is 7.74. The second-order valence-electron chi connectivity index (χ2n) is 3.93. The molecule has 18 heavy (non-hydrogen) atoms. The first kappa shape index (κ1) is 12.6. The minimum atomic E-state index is -0.793. The Morgan fingerprint density at radius 2 is 2.33 bits per heavy atom. The number of hydrogen-bond acceptors (Lipinski definition) is 3. The van der Waals surface area contributed by atoms with Crippen molar-refractivity contribution in [2.75, 3.05) is 7.11 Å². The Kier molecular flexibility index (Phi) is 3.66. The number of fused-ring (bicyclic) bond motifs is 1. The van der Waals surface area contributed by atoms with Crippen LogP contribution < -0.4 is 4.74 Å². The highest BCUT2D eigenvalue weighted by molar-refractivity contribution is 7.71. The summed E-state index contributed by atoms with van der Waals surface area (Å²) in [6.45, 7) is 0.582. The monoisotopic (exact) mass is 266 g/mol. The number of aliphatic carboxylic acids is 1. The minimum absolute atomic E-state index is 0.137. The molecule has 2 N–H and O–H groups in total. The van der Waals surface area contributed by atoms with Crippen LogP contribution in [0.25, 0.3) is 11.0 Å². The maximum absolute atomic E-state index is 10.5. The van der Waals surface area contributed by atoms with Crippen LogP contribution in [0.3, 0.4) is 0 Å². The van der Waals surface area contributed by atoms with Crippen molar-refractivity contribution in [1.29, 1.82) is 0 Å². The third-order valence-electron chi connectivity index (χ3n) is 2.76. The number of nitrogens with one attached hydrogen (secondary N) is 1. The number of aryl methyl sites for hydroxylation is 1. The molecule has 96 valence electrons. The molecule has 0 amide bonds. The van der Waals surface area contributed by atoms with Gasteiger partial charge in [-0.15, -0.1) is 0 Å². The van der Waals surface area contributed by atoms with Gasteiger partial charge >= 0.3 is 5.97 Å². The van der Waals surface area contributed by atoms with Gasteiger partial charge in [0.1, 0.15) is 11.3 Å². The van der Waals surface area contributed by atoms with Crippen LogP contribution in [0, 0.1) is 4.77 Å². The summed E-state index contributed by atoms with van der Waals surface area (Å²) in [7, 11) is 1.60. The summed E-state index contributed by atoms with van der Waals surface area (Å²) in [5, 5.41) is 8.64. The molecule has 1 aromatic heterocycles. The van der Waals surface area contributed by atoms with E-state index in [1.54, 1.807) is 7.11 Å². The topological polar surface area (TPSA) is 67.2 Å². The minimum Gasteiger partial charge on any atom is -0.494 e. The zero-order valence-electron chi connectivity index (χ0n) is 9.97. The van der Waals surface area contributed by atoms with Gasteiger partial charge in [0.2, 0.25) is 0 Å². The number of ether oxygens (including phenoxy) is 1. The molecule has 0 bridgehead atoms. The van der Waals surface area contributed by atoms with E-state index in [4.69, 9.17) is 22.1 Å². The smallest absolute Gasteiger partial charge is 0.303 e. The molecule has 2 rings (SSSR count). The van der Waals surface area contributed by atoms with Crippen LogP contribution in [0.15, 0.2) is 18.2 Å². The number of hydrogen-bond donors (Lipinski definition) is 2. The highest BCUT2D eigenvalue weighted by Crippen LogP contribution is 2.24. The Morgan fingerprint density at radius 3 is 3.00 bits per heavy atom. The number of carboxylic acid groups (broad SMARTS) is 1. The number of rotatable bonds is 5. The summed E-state index contributed by atoms with van der Waals surface area (Å²) >= 11 is 5.24. The number of methoxy groups -OCH3 is 1. The van der Waals surface area contributed by atoms with Crippen LogP contribution in [-0.4, -0.2) is 27.7 Å². The average Bonchev–Trinajstić information content (AvgIpc) is 2.65. The predicted octanol–water partition coefficient (Wildman–Crippen LogP) is 2.57. The third kappa shape index (κ3) is 2.38. The van der Waals surface area contributed by atoms with E-state index in [2.05, 4.69) is 4.98 Å². The Balaban J connectivity index is 2.36. The summed E-state index contributed by atoms with van der Waals surface area (Å²) in [5.74, 6) is -0.0606. The van der Waals surface area contributed by atoms with Crippen molar-refractivity contribution in [3.05, 3.63) is 23.0 Å². The number of para-hydroxylation sites is 1. The van der Waals surface area contributed by atoms with E-state index >= 15 is 0 Å². The maximum atomic E-state index is 10.5. The number of benzene rings is 1. The van der Waals surface area contributed by atoms with Gasteiger partial charge in [-0.25, -0.2) is 0 Å². The normalized spacial score (nSPS) is 10.7. The molecule has 0 aliphatic rings. The lowest BCUT2D eigenvalue weighted by molar-refractivity contribution is -0.137. The predicted molar refractivity (Wildman–Crippen MR) is 70.5 cm³/mol. The highest BCUT2D eigenvalue weighted by Gasteiger charge is 2.08. The van der Waals surface area contributed by atoms with E-state index in [1.807, 2.05) is 22.8 Å². The molecule has 0 radical (unpaired) electrons. The average molecular weight is 266 g/mol. The molecule has 0 saturated carbocycles. The molecule has 0 saturated heterocycles. The van der Waals surface area contributed by atoms with Crippen molar-refractivity contribution in [3.8, 4) is 5.75 Å². The SMILES string of the molecule is COc1cccc2c1[nH]c(=S)n2CCCC(=O)O. The van der Waals surface area contributed by atoms with E-state index < -0.39 is 5.97 Å². The van der Waals surface area contributed by atoms with Gasteiger partial charge in [-0.2, -0.15) is 0 Å². The Morgan fingerprint density at radius 1 is 1.56 bits per heavy atom. The first-order valence-electron chi connectivity index (χ1n) is 5.61. The second kappa shape index (κ2) is 5.22. The molecule has 5 nitrogen and oxygen atoms in total. The van der Waals surface area contributed by atoms with Gasteiger partial charge in [-0.3, -0.25) is 4.79 Å². The van der Waals surface area contributed by atoms with Crippen molar-refractivity contribution in [3.63, 3.8) is 0 Å². The zero-order valence-corrected chi connectivity index (χ0v) is 10.8. The molecular weight excluding hydrogens is 252 g/mol. The van der Waals surface area contributed by atoms with Crippen molar-refractivity contribution in [1.82, 2.24) is 9.55 Å². The number of aromatic amines is 1.